The lowest BCUT2D eigenvalue weighted by Crippen LogP contribution is -1.93. The molecule has 26 heavy (non-hydrogen) atoms. The van der Waals surface area contributed by atoms with Crippen LogP contribution in [-0.2, 0) is 0 Å². The first-order valence-corrected chi connectivity index (χ1v) is 7.74. The monoisotopic (exact) mass is 373 g/mol. The number of hydrogen-bond donors (Lipinski definition) is 2. The van der Waals surface area contributed by atoms with E-state index in [4.69, 9.17) is 27.8 Å². The Labute approximate surface area is 154 Å². The van der Waals surface area contributed by atoms with E-state index in [2.05, 4.69) is 9.97 Å². The quantitative estimate of drug-likeness (QED) is 0.524. The van der Waals surface area contributed by atoms with Crippen LogP contribution in [0.5, 0.6) is 11.5 Å². The van der Waals surface area contributed by atoms with E-state index >= 15 is 0 Å². The first kappa shape index (κ1) is 18.9. The summed E-state index contributed by atoms with van der Waals surface area (Å²) in [5.41, 5.74) is 11.5. The number of non-ortho nitro benzene ring substituents is 1. The van der Waals surface area contributed by atoms with E-state index in [1.54, 1.807) is 43.5 Å². The first-order chi connectivity index (χ1) is 12.3. The van der Waals surface area contributed by atoms with Crippen molar-refractivity contribution in [2.75, 3.05) is 11.5 Å². The van der Waals surface area contributed by atoms with Crippen LogP contribution in [0.4, 0.5) is 17.3 Å². The summed E-state index contributed by atoms with van der Waals surface area (Å²) in [7, 11) is 0. The average molecular weight is 374 g/mol. The summed E-state index contributed by atoms with van der Waals surface area (Å²) in [6, 6.07) is 10.9. The van der Waals surface area contributed by atoms with Gasteiger partial charge in [-0.05, 0) is 36.8 Å². The normalized spacial score (nSPS) is 9.77. The smallest absolute Gasteiger partial charge is 0.269 e. The van der Waals surface area contributed by atoms with Crippen LogP contribution >= 0.6 is 11.6 Å². The van der Waals surface area contributed by atoms with Gasteiger partial charge in [0.05, 0.1) is 4.92 Å². The summed E-state index contributed by atoms with van der Waals surface area (Å²) in [6.07, 6.45) is 3.10. The van der Waals surface area contributed by atoms with Crippen molar-refractivity contribution < 1.29 is 9.66 Å². The standard InChI is InChI=1S/C12H11N3O3.C5H5ClN2/c1-8-6-9(15(16)17)2-3-11(8)18-10-4-5-14-12(13)7-10;6-4-1-2-8-5(7)3-4/h2-7H,1H3,(H2,13,14);1-3H,(H2,7,8). The van der Waals surface area contributed by atoms with E-state index in [1.165, 1.54) is 18.3 Å². The molecule has 3 aromatic rings. The van der Waals surface area contributed by atoms with Gasteiger partial charge in [-0.25, -0.2) is 9.97 Å². The van der Waals surface area contributed by atoms with Crippen molar-refractivity contribution in [3.8, 4) is 11.5 Å². The van der Waals surface area contributed by atoms with E-state index < -0.39 is 4.92 Å². The molecule has 0 aliphatic rings. The highest BCUT2D eigenvalue weighted by molar-refractivity contribution is 6.30. The third-order valence-electron chi connectivity index (χ3n) is 3.09. The molecule has 0 bridgehead atoms. The number of aryl methyl sites for hydroxylation is 1. The van der Waals surface area contributed by atoms with Gasteiger partial charge in [0.1, 0.15) is 23.1 Å². The summed E-state index contributed by atoms with van der Waals surface area (Å²) in [5, 5.41) is 11.2. The molecule has 0 saturated carbocycles. The molecular weight excluding hydrogens is 358 g/mol. The van der Waals surface area contributed by atoms with E-state index in [0.29, 0.717) is 33.7 Å². The number of halogens is 1. The zero-order valence-electron chi connectivity index (χ0n) is 13.8. The molecule has 0 unspecified atom stereocenters. The Balaban J connectivity index is 0.000000254. The number of nitrogens with zero attached hydrogens (tertiary/aromatic N) is 3. The zero-order valence-corrected chi connectivity index (χ0v) is 14.6. The molecule has 4 N–H and O–H groups in total. The SMILES string of the molecule is Cc1cc([N+](=O)[O-])ccc1Oc1ccnc(N)c1.Nc1cc(Cl)ccn1. The number of anilines is 2. The van der Waals surface area contributed by atoms with Crippen molar-refractivity contribution in [3.63, 3.8) is 0 Å². The highest BCUT2D eigenvalue weighted by Crippen LogP contribution is 2.28. The van der Waals surface area contributed by atoms with Gasteiger partial charge in [0.2, 0.25) is 0 Å². The fourth-order valence-electron chi connectivity index (χ4n) is 1.90. The molecule has 0 spiro atoms. The number of nitro groups is 1. The number of nitro benzene ring substituents is 1. The largest absolute Gasteiger partial charge is 0.457 e. The van der Waals surface area contributed by atoms with Gasteiger partial charge < -0.3 is 16.2 Å². The number of rotatable bonds is 3. The fourth-order valence-corrected chi connectivity index (χ4v) is 2.07. The van der Waals surface area contributed by atoms with Gasteiger partial charge in [0, 0.05) is 35.6 Å². The molecule has 0 aliphatic heterocycles. The molecule has 0 saturated heterocycles. The predicted molar refractivity (Wildman–Crippen MR) is 100 cm³/mol. The molecule has 1 aromatic carbocycles. The number of nitrogens with two attached hydrogens (primary N) is 2. The number of aromatic nitrogens is 2. The number of benzene rings is 1. The summed E-state index contributed by atoms with van der Waals surface area (Å²) < 4.78 is 5.58. The van der Waals surface area contributed by atoms with Crippen molar-refractivity contribution in [1.29, 1.82) is 0 Å². The second-order valence-electron chi connectivity index (χ2n) is 5.12. The first-order valence-electron chi connectivity index (χ1n) is 7.36. The molecule has 0 aliphatic carbocycles. The van der Waals surface area contributed by atoms with Crippen LogP contribution in [0.2, 0.25) is 5.02 Å². The van der Waals surface area contributed by atoms with E-state index in [1.807, 2.05) is 0 Å². The summed E-state index contributed by atoms with van der Waals surface area (Å²) in [5.74, 6) is 1.90. The number of ether oxygens (including phenoxy) is 1. The van der Waals surface area contributed by atoms with Crippen molar-refractivity contribution in [3.05, 3.63) is 75.6 Å². The molecule has 134 valence electrons. The van der Waals surface area contributed by atoms with Gasteiger partial charge in [-0.3, -0.25) is 10.1 Å². The minimum atomic E-state index is -0.443. The lowest BCUT2D eigenvalue weighted by Gasteiger charge is -2.08. The van der Waals surface area contributed by atoms with Crippen LogP contribution in [0, 0.1) is 17.0 Å². The second-order valence-corrected chi connectivity index (χ2v) is 5.56. The Hall–Kier alpha value is -3.39. The van der Waals surface area contributed by atoms with Crippen LogP contribution in [-0.4, -0.2) is 14.9 Å². The van der Waals surface area contributed by atoms with Gasteiger partial charge in [-0.1, -0.05) is 11.6 Å². The third-order valence-corrected chi connectivity index (χ3v) is 3.33. The van der Waals surface area contributed by atoms with E-state index in [0.717, 1.165) is 0 Å². The molecule has 0 radical (unpaired) electrons. The zero-order chi connectivity index (χ0) is 19.1. The van der Waals surface area contributed by atoms with Gasteiger partial charge >= 0.3 is 0 Å². The van der Waals surface area contributed by atoms with Crippen LogP contribution < -0.4 is 16.2 Å². The Morgan fingerprint density at radius 3 is 2.19 bits per heavy atom. The van der Waals surface area contributed by atoms with Crippen molar-refractivity contribution >= 4 is 28.9 Å². The molecule has 3 rings (SSSR count). The lowest BCUT2D eigenvalue weighted by atomic mass is 10.2. The predicted octanol–water partition coefficient (Wildman–Crippen LogP) is 3.99. The molecule has 2 heterocycles. The number of pyridine rings is 2. The highest BCUT2D eigenvalue weighted by Gasteiger charge is 2.09. The van der Waals surface area contributed by atoms with Crippen LogP contribution in [0.3, 0.4) is 0 Å². The molecule has 0 amide bonds. The molecule has 2 aromatic heterocycles. The van der Waals surface area contributed by atoms with Crippen LogP contribution in [0.1, 0.15) is 5.56 Å². The molecule has 8 nitrogen and oxygen atoms in total. The maximum Gasteiger partial charge on any atom is 0.269 e. The van der Waals surface area contributed by atoms with E-state index in [9.17, 15) is 10.1 Å². The van der Waals surface area contributed by atoms with Crippen molar-refractivity contribution in [2.24, 2.45) is 0 Å². The Bertz CT molecular complexity index is 903. The van der Waals surface area contributed by atoms with Crippen LogP contribution in [0.15, 0.2) is 54.9 Å². The minimum Gasteiger partial charge on any atom is -0.457 e. The molecule has 9 heteroatoms. The molecular formula is C17H16ClN5O3. The minimum absolute atomic E-state index is 0.0362. The summed E-state index contributed by atoms with van der Waals surface area (Å²) in [6.45, 7) is 1.74. The van der Waals surface area contributed by atoms with Gasteiger partial charge in [0.15, 0.2) is 0 Å². The van der Waals surface area contributed by atoms with Crippen LogP contribution in [0.25, 0.3) is 0 Å². The third kappa shape index (κ3) is 5.60. The maximum absolute atomic E-state index is 10.6. The van der Waals surface area contributed by atoms with Gasteiger partial charge in [0.25, 0.3) is 5.69 Å². The van der Waals surface area contributed by atoms with Crippen molar-refractivity contribution in [2.45, 2.75) is 6.92 Å². The lowest BCUT2D eigenvalue weighted by molar-refractivity contribution is -0.384. The van der Waals surface area contributed by atoms with E-state index in [-0.39, 0.29) is 5.69 Å². The average Bonchev–Trinajstić information content (AvgIpc) is 2.57. The Kier molecular flexibility index (Phi) is 6.29. The topological polar surface area (TPSA) is 130 Å². The highest BCUT2D eigenvalue weighted by atomic mass is 35.5. The maximum atomic E-state index is 10.6. The summed E-state index contributed by atoms with van der Waals surface area (Å²) >= 11 is 5.52. The number of hydrogen-bond acceptors (Lipinski definition) is 7. The number of nitrogen functional groups attached to an aromatic ring is 2. The molecule has 0 atom stereocenters. The Morgan fingerprint density at radius 1 is 1.04 bits per heavy atom. The second kappa shape index (κ2) is 8.63. The Morgan fingerprint density at radius 2 is 1.69 bits per heavy atom. The fraction of sp³-hybridized carbons (Fsp3) is 0.0588. The molecule has 0 fully saturated rings. The van der Waals surface area contributed by atoms with Gasteiger partial charge in [-0.15, -0.1) is 0 Å². The summed E-state index contributed by atoms with van der Waals surface area (Å²) in [4.78, 5) is 17.7. The van der Waals surface area contributed by atoms with Crippen molar-refractivity contribution in [1.82, 2.24) is 9.97 Å². The van der Waals surface area contributed by atoms with Gasteiger partial charge in [-0.2, -0.15) is 0 Å².